The molecule has 6 rings (SSSR count). The first-order valence-corrected chi connectivity index (χ1v) is 8.96. The minimum absolute atomic E-state index is 0. The molecule has 1 heteroatoms. The van der Waals surface area contributed by atoms with E-state index in [4.69, 9.17) is 0 Å². The van der Waals surface area contributed by atoms with Crippen molar-refractivity contribution in [2.75, 3.05) is 0 Å². The van der Waals surface area contributed by atoms with Gasteiger partial charge < -0.3 is 0 Å². The van der Waals surface area contributed by atoms with E-state index < -0.39 is 0 Å². The molecule has 0 nitrogen and oxygen atoms in total. The quantitative estimate of drug-likeness (QED) is 0.240. The van der Waals surface area contributed by atoms with E-state index in [1.807, 2.05) is 0 Å². The number of fused-ring (bicyclic) bond motifs is 6. The summed E-state index contributed by atoms with van der Waals surface area (Å²) >= 11 is 0. The SMILES string of the molecule is [V+2].c1ccc2c(c1)[cH-]c1ccccc12.c1ccc2c(c1)[cH-]c1ccccc12. The van der Waals surface area contributed by atoms with Gasteiger partial charge in [0.15, 0.2) is 0 Å². The fraction of sp³-hybridized carbons (Fsp3) is 0. The van der Waals surface area contributed by atoms with E-state index in [9.17, 15) is 0 Å². The molecule has 27 heavy (non-hydrogen) atoms. The molecule has 0 saturated carbocycles. The maximum Gasteiger partial charge on any atom is 2.00 e. The van der Waals surface area contributed by atoms with Crippen LogP contribution < -0.4 is 0 Å². The van der Waals surface area contributed by atoms with Crippen LogP contribution in [0.2, 0.25) is 0 Å². The summed E-state index contributed by atoms with van der Waals surface area (Å²) in [5, 5.41) is 10.8. The van der Waals surface area contributed by atoms with Crippen LogP contribution in [0.5, 0.6) is 0 Å². The molecule has 0 aliphatic heterocycles. The van der Waals surface area contributed by atoms with Crippen molar-refractivity contribution in [2.45, 2.75) is 0 Å². The molecule has 0 aliphatic rings. The Morgan fingerprint density at radius 3 is 0.815 bits per heavy atom. The summed E-state index contributed by atoms with van der Waals surface area (Å²) in [5.41, 5.74) is 0. The van der Waals surface area contributed by atoms with E-state index >= 15 is 0 Å². The molecule has 0 atom stereocenters. The second kappa shape index (κ2) is 7.44. The minimum atomic E-state index is 0. The van der Waals surface area contributed by atoms with Crippen LogP contribution in [0, 0.1) is 0 Å². The predicted molar refractivity (Wildman–Crippen MR) is 114 cm³/mol. The van der Waals surface area contributed by atoms with Gasteiger partial charge in [0.25, 0.3) is 0 Å². The van der Waals surface area contributed by atoms with E-state index in [1.165, 1.54) is 43.1 Å². The van der Waals surface area contributed by atoms with Gasteiger partial charge in [-0.3, -0.25) is 0 Å². The van der Waals surface area contributed by atoms with Gasteiger partial charge in [-0.05, 0) is 0 Å². The molecule has 6 aromatic carbocycles. The summed E-state index contributed by atoms with van der Waals surface area (Å²) < 4.78 is 0. The molecule has 0 aliphatic carbocycles. The van der Waals surface area contributed by atoms with Crippen LogP contribution in [0.1, 0.15) is 0 Å². The molecule has 0 amide bonds. The van der Waals surface area contributed by atoms with Gasteiger partial charge in [-0.1, -0.05) is 72.8 Å². The second-order valence-electron chi connectivity index (χ2n) is 6.64. The molecule has 0 aromatic heterocycles. The van der Waals surface area contributed by atoms with E-state index in [-0.39, 0.29) is 18.6 Å². The third-order valence-electron chi connectivity index (χ3n) is 5.05. The largest absolute Gasteiger partial charge is 2.00 e. The van der Waals surface area contributed by atoms with Crippen molar-refractivity contribution < 1.29 is 18.6 Å². The van der Waals surface area contributed by atoms with E-state index in [0.717, 1.165) is 0 Å². The second-order valence-corrected chi connectivity index (χ2v) is 6.64. The molecule has 0 spiro atoms. The summed E-state index contributed by atoms with van der Waals surface area (Å²) in [4.78, 5) is 0. The number of hydrogen-bond donors (Lipinski definition) is 0. The van der Waals surface area contributed by atoms with Crippen molar-refractivity contribution in [1.29, 1.82) is 0 Å². The Labute approximate surface area is 170 Å². The maximum atomic E-state index is 2.24. The number of benzene rings is 4. The summed E-state index contributed by atoms with van der Waals surface area (Å²) in [6.07, 6.45) is 0. The first-order valence-electron chi connectivity index (χ1n) is 8.96. The minimum Gasteiger partial charge on any atom is -0.126 e. The van der Waals surface area contributed by atoms with Gasteiger partial charge in [-0.25, -0.2) is 0 Å². The van der Waals surface area contributed by atoms with Crippen LogP contribution in [0.25, 0.3) is 43.1 Å². The molecule has 0 unspecified atom stereocenters. The monoisotopic (exact) mass is 381 g/mol. The van der Waals surface area contributed by atoms with Gasteiger partial charge in [0.2, 0.25) is 0 Å². The fourth-order valence-electron chi connectivity index (χ4n) is 3.81. The Morgan fingerprint density at radius 1 is 0.333 bits per heavy atom. The zero-order valence-electron chi connectivity index (χ0n) is 14.8. The van der Waals surface area contributed by atoms with Crippen molar-refractivity contribution in [3.05, 3.63) is 109 Å². The van der Waals surface area contributed by atoms with Crippen molar-refractivity contribution in [2.24, 2.45) is 0 Å². The third-order valence-corrected chi connectivity index (χ3v) is 5.05. The summed E-state index contributed by atoms with van der Waals surface area (Å²) in [5.74, 6) is 0. The average Bonchev–Trinajstić information content (AvgIpc) is 3.27. The Morgan fingerprint density at radius 2 is 0.556 bits per heavy atom. The molecule has 0 fully saturated rings. The summed E-state index contributed by atoms with van der Waals surface area (Å²) in [6, 6.07) is 38.5. The molecular formula is C26H18V. The molecule has 127 valence electrons. The molecule has 6 aromatic rings. The first kappa shape index (κ1) is 17.6. The standard InChI is InChI=1S/2C13H9.V/c2*1-3-7-12-10(5-1)9-11-6-2-4-8-13(11)12;/h2*1-9H;/q2*-1;+2. The van der Waals surface area contributed by atoms with Gasteiger partial charge in [-0.2, -0.15) is 0 Å². The Balaban J connectivity index is 0.000000129. The van der Waals surface area contributed by atoms with Crippen LogP contribution in [0.3, 0.4) is 0 Å². The molecule has 0 N–H and O–H groups in total. The summed E-state index contributed by atoms with van der Waals surface area (Å²) in [7, 11) is 0. The van der Waals surface area contributed by atoms with Gasteiger partial charge in [0, 0.05) is 0 Å². The average molecular weight is 381 g/mol. The molecule has 0 saturated heterocycles. The van der Waals surface area contributed by atoms with Gasteiger partial charge in [0.05, 0.1) is 0 Å². The molecule has 1 radical (unpaired) electrons. The zero-order valence-corrected chi connectivity index (χ0v) is 16.2. The van der Waals surface area contributed by atoms with Crippen molar-refractivity contribution in [3.63, 3.8) is 0 Å². The Bertz CT molecular complexity index is 1130. The van der Waals surface area contributed by atoms with E-state index in [1.54, 1.807) is 0 Å². The maximum absolute atomic E-state index is 2.24. The number of rotatable bonds is 0. The smallest absolute Gasteiger partial charge is 0.126 e. The van der Waals surface area contributed by atoms with E-state index in [2.05, 4.69) is 109 Å². The van der Waals surface area contributed by atoms with Crippen molar-refractivity contribution >= 4 is 43.1 Å². The van der Waals surface area contributed by atoms with Gasteiger partial charge >= 0.3 is 18.6 Å². The van der Waals surface area contributed by atoms with Crippen LogP contribution in [0.15, 0.2) is 109 Å². The van der Waals surface area contributed by atoms with E-state index in [0.29, 0.717) is 0 Å². The topological polar surface area (TPSA) is 0 Å². The van der Waals surface area contributed by atoms with Crippen LogP contribution in [-0.4, -0.2) is 0 Å². The van der Waals surface area contributed by atoms with Crippen LogP contribution >= 0.6 is 0 Å². The number of hydrogen-bond acceptors (Lipinski definition) is 0. The third kappa shape index (κ3) is 3.19. The van der Waals surface area contributed by atoms with Crippen molar-refractivity contribution in [1.82, 2.24) is 0 Å². The fourth-order valence-corrected chi connectivity index (χ4v) is 3.81. The predicted octanol–water partition coefficient (Wildman–Crippen LogP) is 7.42. The first-order chi connectivity index (χ1) is 12.9. The molecule has 0 heterocycles. The molecule has 0 bridgehead atoms. The Hall–Kier alpha value is -2.80. The van der Waals surface area contributed by atoms with Gasteiger partial charge in [0.1, 0.15) is 0 Å². The molecular weight excluding hydrogens is 363 g/mol. The van der Waals surface area contributed by atoms with Crippen LogP contribution in [0.4, 0.5) is 0 Å². The normalized spacial score (nSPS) is 10.7. The summed E-state index contributed by atoms with van der Waals surface area (Å²) in [6.45, 7) is 0. The Kier molecular flexibility index (Phi) is 4.85. The van der Waals surface area contributed by atoms with Crippen molar-refractivity contribution in [3.8, 4) is 0 Å². The zero-order chi connectivity index (χ0) is 17.3. The van der Waals surface area contributed by atoms with Gasteiger partial charge in [-0.15, -0.1) is 79.5 Å². The van der Waals surface area contributed by atoms with Crippen LogP contribution in [-0.2, 0) is 18.6 Å².